The van der Waals surface area contributed by atoms with E-state index in [0.29, 0.717) is 18.8 Å². The van der Waals surface area contributed by atoms with E-state index in [4.69, 9.17) is 0 Å². The number of aromatic nitrogens is 2. The van der Waals surface area contributed by atoms with E-state index in [2.05, 4.69) is 15.3 Å². The van der Waals surface area contributed by atoms with E-state index >= 15 is 0 Å². The van der Waals surface area contributed by atoms with Crippen molar-refractivity contribution in [2.24, 2.45) is 0 Å². The van der Waals surface area contributed by atoms with Crippen molar-refractivity contribution in [1.29, 1.82) is 0 Å². The molecule has 0 radical (unpaired) electrons. The molecule has 0 bridgehead atoms. The summed E-state index contributed by atoms with van der Waals surface area (Å²) in [5.41, 5.74) is -0.840. The van der Waals surface area contributed by atoms with Crippen LogP contribution in [0, 0.1) is 0 Å². The molecule has 0 amide bonds. The second-order valence-corrected chi connectivity index (χ2v) is 2.66. The lowest BCUT2D eigenvalue weighted by Crippen LogP contribution is -2.54. The van der Waals surface area contributed by atoms with Crippen molar-refractivity contribution in [2.45, 2.75) is 5.67 Å². The molecule has 0 aliphatic carbocycles. The molecule has 1 aromatic heterocycles. The van der Waals surface area contributed by atoms with E-state index in [1.54, 1.807) is 6.20 Å². The van der Waals surface area contributed by atoms with E-state index in [9.17, 15) is 4.39 Å². The number of alkyl halides is 1. The van der Waals surface area contributed by atoms with Gasteiger partial charge in [0.1, 0.15) is 0 Å². The highest BCUT2D eigenvalue weighted by Gasteiger charge is 2.40. The average Bonchev–Trinajstić information content (AvgIpc) is 2.02. The summed E-state index contributed by atoms with van der Waals surface area (Å²) in [4.78, 5) is 7.70. The van der Waals surface area contributed by atoms with Gasteiger partial charge in [0, 0.05) is 25.5 Å². The Morgan fingerprint density at radius 3 is 2.73 bits per heavy atom. The maximum atomic E-state index is 13.5. The zero-order valence-corrected chi connectivity index (χ0v) is 5.92. The van der Waals surface area contributed by atoms with E-state index in [1.807, 2.05) is 0 Å². The van der Waals surface area contributed by atoms with Crippen molar-refractivity contribution in [3.05, 3.63) is 24.3 Å². The number of nitrogens with zero attached hydrogens (tertiary/aromatic N) is 2. The molecule has 0 aromatic carbocycles. The fraction of sp³-hybridized carbons (Fsp3) is 0.429. The Hall–Kier alpha value is -1.03. The molecular weight excluding hydrogens is 145 g/mol. The van der Waals surface area contributed by atoms with Gasteiger partial charge in [0.25, 0.3) is 0 Å². The Morgan fingerprint density at radius 1 is 1.45 bits per heavy atom. The lowest BCUT2D eigenvalue weighted by atomic mass is 9.96. The van der Waals surface area contributed by atoms with Crippen molar-refractivity contribution in [1.82, 2.24) is 15.3 Å². The molecule has 0 spiro atoms. The molecule has 1 aliphatic heterocycles. The maximum Gasteiger partial charge on any atom is 0.178 e. The molecule has 1 N–H and O–H groups in total. The van der Waals surface area contributed by atoms with E-state index in [0.717, 1.165) is 0 Å². The molecule has 0 unspecified atom stereocenters. The fourth-order valence-electron chi connectivity index (χ4n) is 1.06. The Labute approximate surface area is 63.7 Å². The van der Waals surface area contributed by atoms with Crippen LogP contribution in [0.3, 0.4) is 0 Å². The Bertz CT molecular complexity index is 245. The van der Waals surface area contributed by atoms with Crippen LogP contribution in [0.5, 0.6) is 0 Å². The molecule has 0 atom stereocenters. The summed E-state index contributed by atoms with van der Waals surface area (Å²) < 4.78 is 13.5. The van der Waals surface area contributed by atoms with Gasteiger partial charge in [-0.1, -0.05) is 0 Å². The number of nitrogens with one attached hydrogen (secondary N) is 1. The summed E-state index contributed by atoms with van der Waals surface area (Å²) >= 11 is 0. The predicted molar refractivity (Wildman–Crippen MR) is 37.7 cm³/mol. The van der Waals surface area contributed by atoms with Crippen LogP contribution >= 0.6 is 0 Å². The monoisotopic (exact) mass is 153 g/mol. The van der Waals surface area contributed by atoms with Gasteiger partial charge < -0.3 is 5.32 Å². The van der Waals surface area contributed by atoms with Crippen LogP contribution in [-0.4, -0.2) is 23.1 Å². The van der Waals surface area contributed by atoms with E-state index in [-0.39, 0.29) is 0 Å². The summed E-state index contributed by atoms with van der Waals surface area (Å²) in [5.74, 6) is 0. The highest BCUT2D eigenvalue weighted by atomic mass is 19.1. The largest absolute Gasteiger partial charge is 0.309 e. The predicted octanol–water partition coefficient (Wildman–Crippen LogP) is 0.245. The van der Waals surface area contributed by atoms with Crippen LogP contribution in [0.2, 0.25) is 0 Å². The minimum Gasteiger partial charge on any atom is -0.309 e. The highest BCUT2D eigenvalue weighted by molar-refractivity contribution is 5.14. The number of halogens is 1. The smallest absolute Gasteiger partial charge is 0.178 e. The lowest BCUT2D eigenvalue weighted by molar-refractivity contribution is 0.0836. The normalized spacial score (nSPS) is 20.8. The van der Waals surface area contributed by atoms with Gasteiger partial charge in [-0.05, 0) is 0 Å². The van der Waals surface area contributed by atoms with Gasteiger partial charge in [-0.2, -0.15) is 0 Å². The first kappa shape index (κ1) is 6.67. The van der Waals surface area contributed by atoms with Gasteiger partial charge in [0.15, 0.2) is 5.67 Å². The standard InChI is InChI=1S/C7H8FN3/c8-7(4-10-5-7)6-3-9-1-2-11-6/h1-3,10H,4-5H2. The summed E-state index contributed by atoms with van der Waals surface area (Å²) in [6.07, 6.45) is 4.52. The Morgan fingerprint density at radius 2 is 2.27 bits per heavy atom. The summed E-state index contributed by atoms with van der Waals surface area (Å²) in [5, 5.41) is 2.86. The zero-order chi connectivity index (χ0) is 7.73. The van der Waals surface area contributed by atoms with Gasteiger partial charge in [0.05, 0.1) is 11.9 Å². The van der Waals surface area contributed by atoms with E-state index < -0.39 is 5.67 Å². The molecule has 4 heteroatoms. The van der Waals surface area contributed by atoms with Gasteiger partial charge in [-0.15, -0.1) is 0 Å². The summed E-state index contributed by atoms with van der Waals surface area (Å²) in [6.45, 7) is 0.706. The lowest BCUT2D eigenvalue weighted by Gasteiger charge is -2.33. The van der Waals surface area contributed by atoms with Crippen molar-refractivity contribution < 1.29 is 4.39 Å². The van der Waals surface area contributed by atoms with Crippen molar-refractivity contribution in [3.63, 3.8) is 0 Å². The van der Waals surface area contributed by atoms with Crippen LogP contribution in [0.1, 0.15) is 5.69 Å². The second-order valence-electron chi connectivity index (χ2n) is 2.66. The van der Waals surface area contributed by atoms with Crippen LogP contribution in [0.25, 0.3) is 0 Å². The molecule has 0 saturated carbocycles. The fourth-order valence-corrected chi connectivity index (χ4v) is 1.06. The van der Waals surface area contributed by atoms with Gasteiger partial charge in [0.2, 0.25) is 0 Å². The zero-order valence-electron chi connectivity index (χ0n) is 5.92. The third kappa shape index (κ3) is 0.991. The van der Waals surface area contributed by atoms with E-state index in [1.165, 1.54) is 12.4 Å². The second kappa shape index (κ2) is 2.23. The van der Waals surface area contributed by atoms with Gasteiger partial charge >= 0.3 is 0 Å². The molecule has 1 aromatic rings. The first-order valence-corrected chi connectivity index (χ1v) is 3.47. The van der Waals surface area contributed by atoms with Crippen LogP contribution in [-0.2, 0) is 5.67 Å². The first-order valence-electron chi connectivity index (χ1n) is 3.47. The highest BCUT2D eigenvalue weighted by Crippen LogP contribution is 2.27. The van der Waals surface area contributed by atoms with Gasteiger partial charge in [-0.25, -0.2) is 4.39 Å². The first-order chi connectivity index (χ1) is 5.31. The quantitative estimate of drug-likeness (QED) is 0.628. The number of hydrogen-bond donors (Lipinski definition) is 1. The Kier molecular flexibility index (Phi) is 1.35. The molecule has 2 rings (SSSR count). The maximum absolute atomic E-state index is 13.5. The van der Waals surface area contributed by atoms with Crippen LogP contribution < -0.4 is 5.32 Å². The minimum absolute atomic E-state index is 0.353. The number of rotatable bonds is 1. The molecule has 2 heterocycles. The van der Waals surface area contributed by atoms with Crippen molar-refractivity contribution >= 4 is 0 Å². The SMILES string of the molecule is FC1(c2cnccn2)CNC1. The number of hydrogen-bond acceptors (Lipinski definition) is 3. The summed E-state index contributed by atoms with van der Waals surface area (Å²) in [6, 6.07) is 0. The third-order valence-electron chi connectivity index (χ3n) is 1.83. The average molecular weight is 153 g/mol. The van der Waals surface area contributed by atoms with Crippen LogP contribution in [0.15, 0.2) is 18.6 Å². The van der Waals surface area contributed by atoms with Crippen molar-refractivity contribution in [3.8, 4) is 0 Å². The minimum atomic E-state index is -1.27. The molecule has 1 aliphatic rings. The topological polar surface area (TPSA) is 37.8 Å². The third-order valence-corrected chi connectivity index (χ3v) is 1.83. The van der Waals surface area contributed by atoms with Crippen LogP contribution in [0.4, 0.5) is 4.39 Å². The molecule has 58 valence electrons. The van der Waals surface area contributed by atoms with Gasteiger partial charge in [-0.3, -0.25) is 9.97 Å². The summed E-state index contributed by atoms with van der Waals surface area (Å²) in [7, 11) is 0. The molecular formula is C7H8FN3. The molecule has 1 fully saturated rings. The van der Waals surface area contributed by atoms with Crippen molar-refractivity contribution in [2.75, 3.05) is 13.1 Å². The Balaban J connectivity index is 2.29. The molecule has 1 saturated heterocycles. The molecule has 3 nitrogen and oxygen atoms in total. The molecule has 11 heavy (non-hydrogen) atoms.